The van der Waals surface area contributed by atoms with E-state index in [-0.39, 0.29) is 12.3 Å². The lowest BCUT2D eigenvalue weighted by atomic mass is 10.0. The molecule has 0 atom stereocenters. The summed E-state index contributed by atoms with van der Waals surface area (Å²) in [4.78, 5) is 11.5. The van der Waals surface area contributed by atoms with Crippen molar-refractivity contribution in [3.05, 3.63) is 0 Å². The molecule has 0 heterocycles. The third kappa shape index (κ3) is 7.10. The Kier molecular flexibility index (Phi) is 9.96. The van der Waals surface area contributed by atoms with Gasteiger partial charge in [-0.05, 0) is 12.2 Å². The SMILES string of the molecule is O=C(CCSCCCCl)NC(CO)(CO)CO. The fourth-order valence-corrected chi connectivity index (χ4v) is 2.22. The summed E-state index contributed by atoms with van der Waals surface area (Å²) in [5.74, 6) is 1.88. The van der Waals surface area contributed by atoms with Gasteiger partial charge in [0.05, 0.1) is 19.8 Å². The number of aliphatic hydroxyl groups excluding tert-OH is 3. The van der Waals surface area contributed by atoms with Crippen molar-refractivity contribution in [2.45, 2.75) is 18.4 Å². The molecule has 0 saturated heterocycles. The second-order valence-electron chi connectivity index (χ2n) is 3.71. The highest BCUT2D eigenvalue weighted by atomic mass is 35.5. The first-order chi connectivity index (χ1) is 8.14. The molecule has 0 aromatic carbocycles. The molecule has 0 aromatic rings. The zero-order chi connectivity index (χ0) is 13.1. The van der Waals surface area contributed by atoms with Crippen LogP contribution in [-0.2, 0) is 4.79 Å². The fraction of sp³-hybridized carbons (Fsp3) is 0.900. The lowest BCUT2D eigenvalue weighted by molar-refractivity contribution is -0.124. The van der Waals surface area contributed by atoms with Gasteiger partial charge in [0.25, 0.3) is 0 Å². The van der Waals surface area contributed by atoms with E-state index in [9.17, 15) is 4.79 Å². The van der Waals surface area contributed by atoms with Crippen molar-refractivity contribution in [3.8, 4) is 0 Å². The predicted octanol–water partition coefficient (Wildman–Crippen LogP) is -0.429. The van der Waals surface area contributed by atoms with Crippen molar-refractivity contribution in [3.63, 3.8) is 0 Å². The van der Waals surface area contributed by atoms with Crippen LogP contribution in [0.25, 0.3) is 0 Å². The largest absolute Gasteiger partial charge is 0.394 e. The number of amides is 1. The number of thioether (sulfide) groups is 1. The standard InChI is InChI=1S/C10H20ClNO4S/c11-3-1-4-17-5-2-9(16)12-10(6-13,7-14)8-15/h13-15H,1-8H2,(H,12,16). The molecule has 0 spiro atoms. The minimum atomic E-state index is -1.32. The molecule has 5 nitrogen and oxygen atoms in total. The first-order valence-electron chi connectivity index (χ1n) is 5.41. The highest BCUT2D eigenvalue weighted by Gasteiger charge is 2.29. The highest BCUT2D eigenvalue weighted by molar-refractivity contribution is 7.99. The average molecular weight is 286 g/mol. The summed E-state index contributed by atoms with van der Waals surface area (Å²) in [6, 6.07) is 0. The fourth-order valence-electron chi connectivity index (χ4n) is 1.05. The number of alkyl halides is 1. The van der Waals surface area contributed by atoms with E-state index >= 15 is 0 Å². The zero-order valence-electron chi connectivity index (χ0n) is 9.69. The minimum absolute atomic E-state index is 0.286. The summed E-state index contributed by atoms with van der Waals surface area (Å²) >= 11 is 7.13. The summed E-state index contributed by atoms with van der Waals surface area (Å²) in [6.45, 7) is -1.48. The van der Waals surface area contributed by atoms with Gasteiger partial charge in [0.2, 0.25) is 5.91 Å². The van der Waals surface area contributed by atoms with E-state index in [1.54, 1.807) is 11.8 Å². The molecule has 0 aromatic heterocycles. The number of halogens is 1. The van der Waals surface area contributed by atoms with Gasteiger partial charge in [-0.2, -0.15) is 11.8 Å². The van der Waals surface area contributed by atoms with E-state index in [1.165, 1.54) is 0 Å². The molecule has 0 aliphatic carbocycles. The molecule has 102 valence electrons. The first-order valence-corrected chi connectivity index (χ1v) is 7.10. The van der Waals surface area contributed by atoms with E-state index in [0.29, 0.717) is 11.6 Å². The molecule has 7 heteroatoms. The zero-order valence-corrected chi connectivity index (χ0v) is 11.3. The van der Waals surface area contributed by atoms with Crippen molar-refractivity contribution in [2.24, 2.45) is 0 Å². The van der Waals surface area contributed by atoms with Crippen molar-refractivity contribution in [1.82, 2.24) is 5.32 Å². The summed E-state index contributed by atoms with van der Waals surface area (Å²) in [6.07, 6.45) is 1.19. The Labute approximate surface area is 111 Å². The van der Waals surface area contributed by atoms with Gasteiger partial charge in [0, 0.05) is 18.1 Å². The molecular formula is C10H20ClNO4S. The summed E-state index contributed by atoms with van der Waals surface area (Å²) in [7, 11) is 0. The van der Waals surface area contributed by atoms with Gasteiger partial charge >= 0.3 is 0 Å². The van der Waals surface area contributed by atoms with Crippen LogP contribution in [0.5, 0.6) is 0 Å². The van der Waals surface area contributed by atoms with Crippen LogP contribution < -0.4 is 5.32 Å². The van der Waals surface area contributed by atoms with Crippen LogP contribution in [0.1, 0.15) is 12.8 Å². The van der Waals surface area contributed by atoms with Gasteiger partial charge in [-0.1, -0.05) is 0 Å². The third-order valence-corrected chi connectivity index (χ3v) is 3.55. The van der Waals surface area contributed by atoms with Gasteiger partial charge < -0.3 is 20.6 Å². The van der Waals surface area contributed by atoms with Gasteiger partial charge in [-0.3, -0.25) is 4.79 Å². The monoisotopic (exact) mass is 285 g/mol. The lowest BCUT2D eigenvalue weighted by Crippen LogP contribution is -2.57. The van der Waals surface area contributed by atoms with E-state index in [2.05, 4.69) is 5.32 Å². The molecule has 0 radical (unpaired) electrons. The number of rotatable bonds is 10. The predicted molar refractivity (Wildman–Crippen MR) is 69.4 cm³/mol. The Morgan fingerprint density at radius 1 is 1.18 bits per heavy atom. The Balaban J connectivity index is 3.83. The minimum Gasteiger partial charge on any atom is -0.394 e. The quantitative estimate of drug-likeness (QED) is 0.323. The molecule has 0 aliphatic heterocycles. The topological polar surface area (TPSA) is 89.8 Å². The molecule has 0 saturated carbocycles. The molecule has 0 rings (SSSR count). The number of carbonyl (C=O) groups is 1. The maximum absolute atomic E-state index is 11.5. The molecule has 1 amide bonds. The van der Waals surface area contributed by atoms with Crippen LogP contribution in [0.3, 0.4) is 0 Å². The van der Waals surface area contributed by atoms with Gasteiger partial charge in [-0.25, -0.2) is 0 Å². The van der Waals surface area contributed by atoms with Gasteiger partial charge in [-0.15, -0.1) is 11.6 Å². The Morgan fingerprint density at radius 3 is 2.24 bits per heavy atom. The highest BCUT2D eigenvalue weighted by Crippen LogP contribution is 2.07. The molecule has 0 unspecified atom stereocenters. The maximum atomic E-state index is 11.5. The number of carbonyl (C=O) groups excluding carboxylic acids is 1. The average Bonchev–Trinajstić information content (AvgIpc) is 2.36. The summed E-state index contributed by atoms with van der Waals surface area (Å²) in [5, 5.41) is 29.5. The van der Waals surface area contributed by atoms with E-state index in [4.69, 9.17) is 26.9 Å². The third-order valence-electron chi connectivity index (χ3n) is 2.21. The second kappa shape index (κ2) is 9.96. The molecular weight excluding hydrogens is 266 g/mol. The lowest BCUT2D eigenvalue weighted by Gasteiger charge is -2.28. The first kappa shape index (κ1) is 17.0. The normalized spacial score (nSPS) is 11.5. The maximum Gasteiger partial charge on any atom is 0.221 e. The number of hydrogen-bond donors (Lipinski definition) is 4. The van der Waals surface area contributed by atoms with Crippen LogP contribution >= 0.6 is 23.4 Å². The molecule has 0 fully saturated rings. The molecule has 0 bridgehead atoms. The van der Waals surface area contributed by atoms with E-state index < -0.39 is 25.4 Å². The van der Waals surface area contributed by atoms with E-state index in [0.717, 1.165) is 12.2 Å². The van der Waals surface area contributed by atoms with Crippen molar-refractivity contribution >= 4 is 29.3 Å². The number of nitrogens with one attached hydrogen (secondary N) is 1. The van der Waals surface area contributed by atoms with Crippen LogP contribution in [-0.4, -0.2) is 64.0 Å². The Hall–Kier alpha value is -0.0100. The smallest absolute Gasteiger partial charge is 0.221 e. The second-order valence-corrected chi connectivity index (χ2v) is 5.31. The van der Waals surface area contributed by atoms with Crippen LogP contribution in [0.4, 0.5) is 0 Å². The Bertz CT molecular complexity index is 206. The Morgan fingerprint density at radius 2 is 1.76 bits per heavy atom. The van der Waals surface area contributed by atoms with Gasteiger partial charge in [0.1, 0.15) is 5.54 Å². The number of hydrogen-bond acceptors (Lipinski definition) is 5. The van der Waals surface area contributed by atoms with Crippen LogP contribution in [0, 0.1) is 0 Å². The van der Waals surface area contributed by atoms with Crippen LogP contribution in [0.2, 0.25) is 0 Å². The number of aliphatic hydroxyl groups is 3. The van der Waals surface area contributed by atoms with Gasteiger partial charge in [0.15, 0.2) is 0 Å². The summed E-state index contributed by atoms with van der Waals surface area (Å²) in [5.41, 5.74) is -1.32. The molecule has 4 N–H and O–H groups in total. The van der Waals surface area contributed by atoms with Crippen molar-refractivity contribution in [2.75, 3.05) is 37.2 Å². The van der Waals surface area contributed by atoms with Crippen molar-refractivity contribution < 1.29 is 20.1 Å². The van der Waals surface area contributed by atoms with Crippen molar-refractivity contribution in [1.29, 1.82) is 0 Å². The summed E-state index contributed by atoms with van der Waals surface area (Å²) < 4.78 is 0. The van der Waals surface area contributed by atoms with E-state index in [1.807, 2.05) is 0 Å². The molecule has 17 heavy (non-hydrogen) atoms. The van der Waals surface area contributed by atoms with Crippen LogP contribution in [0.15, 0.2) is 0 Å². The molecule has 0 aliphatic rings.